The molecule has 1 rings (SSSR count). The summed E-state index contributed by atoms with van der Waals surface area (Å²) in [7, 11) is 0. The first kappa shape index (κ1) is 13.1. The van der Waals surface area contributed by atoms with E-state index in [0.717, 1.165) is 0 Å². The summed E-state index contributed by atoms with van der Waals surface area (Å²) in [5, 5.41) is 0.326. The molecule has 0 unspecified atom stereocenters. The van der Waals surface area contributed by atoms with Crippen LogP contribution in [0.3, 0.4) is 0 Å². The highest BCUT2D eigenvalue weighted by atomic mass is 35.9. The van der Waals surface area contributed by atoms with Gasteiger partial charge in [0, 0.05) is 6.07 Å². The van der Waals surface area contributed by atoms with E-state index in [-0.39, 0.29) is 16.3 Å². The molecule has 0 aliphatic rings. The lowest BCUT2D eigenvalue weighted by molar-refractivity contribution is 0.602. The fraction of sp³-hybridized carbons (Fsp3) is 0. The number of nitrogens with two attached hydrogens (primary N) is 1. The summed E-state index contributed by atoms with van der Waals surface area (Å²) in [6, 6.07) is 1.42. The van der Waals surface area contributed by atoms with Gasteiger partial charge < -0.3 is 5.73 Å². The van der Waals surface area contributed by atoms with Crippen molar-refractivity contribution in [1.82, 2.24) is 9.97 Å². The van der Waals surface area contributed by atoms with Gasteiger partial charge in [0.15, 0.2) is 0 Å². The molecule has 0 saturated heterocycles. The summed E-state index contributed by atoms with van der Waals surface area (Å²) in [6.07, 6.45) is 0. The maximum Gasteiger partial charge on any atom is 0.575 e. The molecule has 0 aliphatic carbocycles. The number of hydrogen-bond donors (Lipinski definition) is 1. The molecule has 0 saturated carbocycles. The van der Waals surface area contributed by atoms with Crippen LogP contribution in [0.25, 0.3) is 0 Å². The number of anilines is 1. The third kappa shape index (κ3) is 8.47. The Labute approximate surface area is 94.7 Å². The highest BCUT2D eigenvalue weighted by Gasteiger charge is 1.97. The second-order valence-electron chi connectivity index (χ2n) is 1.59. The van der Waals surface area contributed by atoms with Crippen LogP contribution in [-0.2, 0) is 4.57 Å². The molecule has 2 N–H and O–H groups in total. The molecule has 0 aliphatic heterocycles. The Morgan fingerprint density at radius 2 is 1.77 bits per heavy atom. The van der Waals surface area contributed by atoms with Crippen molar-refractivity contribution >= 4 is 58.0 Å². The molecule has 4 nitrogen and oxygen atoms in total. The topological polar surface area (TPSA) is 68.9 Å². The number of rotatable bonds is 0. The fourth-order valence-corrected chi connectivity index (χ4v) is 0.830. The van der Waals surface area contributed by atoms with Crippen LogP contribution in [0.15, 0.2) is 6.07 Å². The van der Waals surface area contributed by atoms with Gasteiger partial charge in [0.05, 0.1) is 0 Å². The van der Waals surface area contributed by atoms with E-state index in [2.05, 4.69) is 32.4 Å². The van der Waals surface area contributed by atoms with Gasteiger partial charge in [0.1, 0.15) is 11.0 Å². The molecule has 0 atom stereocenters. The summed E-state index contributed by atoms with van der Waals surface area (Å²) < 4.78 is 9.12. The maximum absolute atomic E-state index is 9.12. The molecule has 1 aromatic heterocycles. The van der Waals surface area contributed by atoms with Crippen molar-refractivity contribution < 1.29 is 4.57 Å². The van der Waals surface area contributed by atoms with Crippen LogP contribution in [0.4, 0.5) is 5.82 Å². The van der Waals surface area contributed by atoms with Gasteiger partial charge in [-0.05, 0) is 16.2 Å². The van der Waals surface area contributed by atoms with Crippen LogP contribution in [0.2, 0.25) is 10.4 Å². The summed E-state index contributed by atoms with van der Waals surface area (Å²) in [4.78, 5) is 7.16. The van der Waals surface area contributed by atoms with E-state index >= 15 is 0 Å². The van der Waals surface area contributed by atoms with Crippen molar-refractivity contribution in [3.63, 3.8) is 0 Å². The van der Waals surface area contributed by atoms with Gasteiger partial charge in [0.25, 0.3) is 0 Å². The minimum atomic E-state index is -1.93. The molecular formula is C4H3Cl4N3OP+. The highest BCUT2D eigenvalue weighted by molar-refractivity contribution is 7.95. The summed E-state index contributed by atoms with van der Waals surface area (Å²) in [6.45, 7) is -1.93. The van der Waals surface area contributed by atoms with Crippen LogP contribution in [-0.4, -0.2) is 9.97 Å². The summed E-state index contributed by atoms with van der Waals surface area (Å²) in [5.41, 5.74) is 5.24. The predicted octanol–water partition coefficient (Wildman–Crippen LogP) is 3.49. The molecule has 0 aromatic carbocycles. The molecule has 1 heterocycles. The molecule has 9 heteroatoms. The van der Waals surface area contributed by atoms with Gasteiger partial charge >= 0.3 is 6.51 Å². The Kier molecular flexibility index (Phi) is 6.64. The molecule has 13 heavy (non-hydrogen) atoms. The van der Waals surface area contributed by atoms with E-state index in [4.69, 9.17) is 33.5 Å². The van der Waals surface area contributed by atoms with E-state index in [9.17, 15) is 0 Å². The van der Waals surface area contributed by atoms with Crippen molar-refractivity contribution in [1.29, 1.82) is 0 Å². The Bertz CT molecular complexity index is 255. The van der Waals surface area contributed by atoms with Crippen molar-refractivity contribution in [3.8, 4) is 0 Å². The SMILES string of the molecule is Nc1cc(Cl)nc(Cl)n1.O=[P+](Cl)Cl. The first-order valence-corrected chi connectivity index (χ1v) is 6.48. The zero-order valence-electron chi connectivity index (χ0n) is 5.92. The Hall–Kier alpha value is 0.140. The highest BCUT2D eigenvalue weighted by Crippen LogP contribution is 2.31. The Morgan fingerprint density at radius 1 is 1.31 bits per heavy atom. The van der Waals surface area contributed by atoms with E-state index < -0.39 is 6.51 Å². The summed E-state index contributed by atoms with van der Waals surface area (Å²) in [5.74, 6) is 0.278. The standard InChI is InChI=1S/C4H3Cl2N3.Cl2OP/c5-2-1-3(7)9-4(6)8-2;1-4(2)3/h1H,(H2,7,8,9);/q;+1. The van der Waals surface area contributed by atoms with Gasteiger partial charge in [-0.25, -0.2) is 9.97 Å². The molecule has 0 bridgehead atoms. The first-order chi connectivity index (χ1) is 5.91. The van der Waals surface area contributed by atoms with Gasteiger partial charge in [-0.1, -0.05) is 11.6 Å². The van der Waals surface area contributed by atoms with Crippen LogP contribution in [0.5, 0.6) is 0 Å². The quantitative estimate of drug-likeness (QED) is 0.449. The molecule has 0 fully saturated rings. The van der Waals surface area contributed by atoms with E-state index in [1.54, 1.807) is 0 Å². The monoisotopic (exact) mass is 280 g/mol. The van der Waals surface area contributed by atoms with Gasteiger partial charge in [-0.2, -0.15) is 0 Å². The number of aromatic nitrogens is 2. The van der Waals surface area contributed by atoms with Crippen LogP contribution < -0.4 is 5.73 Å². The molecule has 72 valence electrons. The fourth-order valence-electron chi connectivity index (χ4n) is 0.406. The lowest BCUT2D eigenvalue weighted by atomic mass is 10.6. The average molecular weight is 282 g/mol. The number of hydrogen-bond acceptors (Lipinski definition) is 4. The third-order valence-electron chi connectivity index (χ3n) is 0.687. The molecule has 1 aromatic rings. The lowest BCUT2D eigenvalue weighted by Gasteiger charge is -1.91. The molecular weight excluding hydrogens is 279 g/mol. The van der Waals surface area contributed by atoms with Crippen LogP contribution in [0.1, 0.15) is 0 Å². The zero-order valence-corrected chi connectivity index (χ0v) is 9.83. The van der Waals surface area contributed by atoms with Crippen molar-refractivity contribution in [2.45, 2.75) is 0 Å². The van der Waals surface area contributed by atoms with Crippen LogP contribution in [0, 0.1) is 0 Å². The van der Waals surface area contributed by atoms with Crippen molar-refractivity contribution in [2.75, 3.05) is 5.73 Å². The Balaban J connectivity index is 0.000000310. The first-order valence-electron chi connectivity index (χ1n) is 2.66. The second kappa shape index (κ2) is 6.57. The normalized spacial score (nSPS) is 8.62. The third-order valence-corrected chi connectivity index (χ3v) is 1.05. The van der Waals surface area contributed by atoms with E-state index in [1.807, 2.05) is 0 Å². The number of halogens is 4. The van der Waals surface area contributed by atoms with E-state index in [1.165, 1.54) is 6.07 Å². The lowest BCUT2D eigenvalue weighted by Crippen LogP contribution is -1.91. The molecule has 0 amide bonds. The number of nitrogen functional groups attached to an aromatic ring is 1. The van der Waals surface area contributed by atoms with Gasteiger partial charge in [0.2, 0.25) is 27.8 Å². The number of nitrogens with zero attached hydrogens (tertiary/aromatic N) is 2. The summed E-state index contributed by atoms with van der Waals surface area (Å²) >= 11 is 19.9. The second-order valence-corrected chi connectivity index (χ2v) is 5.08. The Morgan fingerprint density at radius 3 is 2.08 bits per heavy atom. The predicted molar refractivity (Wildman–Crippen MR) is 55.8 cm³/mol. The van der Waals surface area contributed by atoms with E-state index in [0.29, 0.717) is 0 Å². The minimum Gasteiger partial charge on any atom is -0.384 e. The molecule has 0 radical (unpaired) electrons. The van der Waals surface area contributed by atoms with Crippen LogP contribution >= 0.6 is 52.2 Å². The maximum atomic E-state index is 9.12. The molecule has 0 spiro atoms. The minimum absolute atomic E-state index is 0.0694. The van der Waals surface area contributed by atoms with Gasteiger partial charge in [-0.15, -0.1) is 0 Å². The smallest absolute Gasteiger partial charge is 0.384 e. The average Bonchev–Trinajstić information content (AvgIpc) is 1.80. The van der Waals surface area contributed by atoms with Crippen molar-refractivity contribution in [2.24, 2.45) is 0 Å². The van der Waals surface area contributed by atoms with Gasteiger partial charge in [-0.3, -0.25) is 0 Å². The van der Waals surface area contributed by atoms with Crippen molar-refractivity contribution in [3.05, 3.63) is 16.5 Å². The zero-order chi connectivity index (χ0) is 10.4. The largest absolute Gasteiger partial charge is 0.575 e.